The summed E-state index contributed by atoms with van der Waals surface area (Å²) in [5.41, 5.74) is 4.31. The maximum Gasteiger partial charge on any atom is 0.586 e. The fourth-order valence-corrected chi connectivity index (χ4v) is 10.8. The summed E-state index contributed by atoms with van der Waals surface area (Å²) >= 11 is 2.52. The number of alkyl halides is 2. The van der Waals surface area contributed by atoms with Gasteiger partial charge in [-0.2, -0.15) is 0 Å². The molecule has 0 spiro atoms. The van der Waals surface area contributed by atoms with Crippen molar-refractivity contribution in [2.24, 2.45) is 0 Å². The number of hydrogen-bond acceptors (Lipinski definition) is 13. The predicted molar refractivity (Wildman–Crippen MR) is 261 cm³/mol. The number of unbranched alkanes of at least 4 members (excludes halogenated alkanes) is 4. The van der Waals surface area contributed by atoms with Crippen LogP contribution in [0.4, 0.5) is 31.2 Å². The Morgan fingerprint density at radius 1 is 0.812 bits per heavy atom. The lowest BCUT2D eigenvalue weighted by Gasteiger charge is -2.17. The molecule has 3 aromatic carbocycles. The lowest BCUT2D eigenvalue weighted by atomic mass is 9.94. The number of nitrogens with zero attached hydrogens (tertiary/aromatic N) is 3. The minimum absolute atomic E-state index is 0.0389. The van der Waals surface area contributed by atoms with Gasteiger partial charge in [0.15, 0.2) is 16.6 Å². The van der Waals surface area contributed by atoms with E-state index >= 15 is 0 Å². The van der Waals surface area contributed by atoms with E-state index in [4.69, 9.17) is 4.98 Å². The first-order valence-electron chi connectivity index (χ1n) is 22.3. The number of halogens is 2. The summed E-state index contributed by atoms with van der Waals surface area (Å²) < 4.78 is 65.2. The lowest BCUT2D eigenvalue weighted by molar-refractivity contribution is -0.286. The second kappa shape index (κ2) is 19.9. The zero-order chi connectivity index (χ0) is 48.2. The maximum atomic E-state index is 13.6. The first kappa shape index (κ1) is 47.1. The van der Waals surface area contributed by atoms with Gasteiger partial charge in [0, 0.05) is 36.8 Å². The highest BCUT2D eigenvalue weighted by molar-refractivity contribution is 7.94. The highest BCUT2D eigenvalue weighted by Crippen LogP contribution is 2.52. The number of benzene rings is 3. The minimum atomic E-state index is -3.75. The number of aryl methyl sites for hydroxylation is 1. The third kappa shape index (κ3) is 11.3. The summed E-state index contributed by atoms with van der Waals surface area (Å²) in [6.45, 7) is 2.75. The second-order valence-corrected chi connectivity index (χ2v) is 20.7. The molecule has 0 radical (unpaired) electrons. The summed E-state index contributed by atoms with van der Waals surface area (Å²) in [7, 11) is -3.66. The summed E-state index contributed by atoms with van der Waals surface area (Å²) in [5.74, 6) is 0.159. The van der Waals surface area contributed by atoms with Crippen molar-refractivity contribution in [1.82, 2.24) is 25.6 Å². The van der Waals surface area contributed by atoms with Gasteiger partial charge >= 0.3 is 6.29 Å². The van der Waals surface area contributed by atoms with Crippen LogP contribution in [-0.4, -0.2) is 53.9 Å². The largest absolute Gasteiger partial charge is 0.586 e. The molecule has 3 amide bonds. The molecule has 5 heterocycles. The minimum Gasteiger partial charge on any atom is -0.395 e. The molecule has 0 saturated heterocycles. The number of rotatable bonds is 20. The van der Waals surface area contributed by atoms with E-state index < -0.39 is 21.7 Å². The molecule has 7 aromatic rings. The van der Waals surface area contributed by atoms with Crippen LogP contribution in [0.2, 0.25) is 0 Å². The van der Waals surface area contributed by atoms with Gasteiger partial charge in [0.1, 0.15) is 15.8 Å². The van der Waals surface area contributed by atoms with Gasteiger partial charge in [0.25, 0.3) is 15.9 Å². The zero-order valence-electron chi connectivity index (χ0n) is 37.1. The van der Waals surface area contributed by atoms with Crippen LogP contribution in [0.15, 0.2) is 113 Å². The van der Waals surface area contributed by atoms with Crippen LogP contribution in [0.25, 0.3) is 21.5 Å². The Morgan fingerprint density at radius 2 is 1.62 bits per heavy atom. The zero-order valence-corrected chi connectivity index (χ0v) is 39.6. The molecule has 1 aliphatic heterocycles. The number of sulfonamides is 1. The number of hydrogen-bond donors (Lipinski definition) is 5. The number of amides is 3. The van der Waals surface area contributed by atoms with Gasteiger partial charge in [-0.25, -0.2) is 23.4 Å². The molecule has 1 fully saturated rings. The number of carbonyl (C=O) groups excluding carboxylic acids is 3. The van der Waals surface area contributed by atoms with E-state index in [2.05, 4.69) is 45.4 Å². The standard InChI is InChI=1S/C49H46F2N8O7S3/c1-30-13-19-41(57-46(62)48(21-22-48)34-15-18-37-38(26-34)66-49(50,51)65-37)56-44(30)32-9-7-10-33(25-32)45(61)52-23-6-4-2-3-5-11-42(60)54-29-31-14-20-40(53-28-31)58-47-55-36-17-16-35(27-39(36)68-47)59-69(63,64)43-12-8-24-67-43/h7-10,12-20,24-28,59H,2-6,11,21-23,29H2,1H3,(H,52,61)(H,54,60)(H,53,55,58)(H,56,57,62). The Morgan fingerprint density at radius 3 is 2.42 bits per heavy atom. The van der Waals surface area contributed by atoms with Crippen LogP contribution in [0.5, 0.6) is 11.5 Å². The smallest absolute Gasteiger partial charge is 0.395 e. The highest BCUT2D eigenvalue weighted by atomic mass is 32.2. The number of thiazole rings is 1. The second-order valence-electron chi connectivity index (χ2n) is 16.8. The molecule has 356 valence electrons. The van der Waals surface area contributed by atoms with E-state index in [1.165, 1.54) is 23.5 Å². The van der Waals surface area contributed by atoms with Crippen molar-refractivity contribution in [3.8, 4) is 22.8 Å². The SMILES string of the molecule is Cc1ccc(NC(=O)C2(c3ccc4c(c3)OC(F)(F)O4)CC2)nc1-c1cccc(C(=O)NCCCCCCCC(=O)NCc2ccc(Nc3nc4ccc(NS(=O)(=O)c5cccs5)cc4s3)nc2)c1. The van der Waals surface area contributed by atoms with Crippen molar-refractivity contribution < 1.29 is 41.1 Å². The maximum absolute atomic E-state index is 13.6. The van der Waals surface area contributed by atoms with Gasteiger partial charge in [-0.15, -0.1) is 20.1 Å². The number of carbonyl (C=O) groups is 3. The van der Waals surface area contributed by atoms with Gasteiger partial charge in [0.05, 0.1) is 27.0 Å². The lowest BCUT2D eigenvalue weighted by Crippen LogP contribution is -2.28. The number of ether oxygens (including phenoxy) is 2. The van der Waals surface area contributed by atoms with E-state index in [0.717, 1.165) is 64.8 Å². The van der Waals surface area contributed by atoms with Crippen LogP contribution in [-0.2, 0) is 31.6 Å². The van der Waals surface area contributed by atoms with Gasteiger partial charge in [-0.05, 0) is 115 Å². The third-order valence-corrected chi connectivity index (χ3v) is 15.4. The van der Waals surface area contributed by atoms with Crippen molar-refractivity contribution in [2.45, 2.75) is 80.8 Å². The number of fused-ring (bicyclic) bond motifs is 2. The van der Waals surface area contributed by atoms with Crippen LogP contribution < -0.4 is 35.5 Å². The molecule has 15 nitrogen and oxygen atoms in total. The van der Waals surface area contributed by atoms with E-state index in [0.29, 0.717) is 77.2 Å². The predicted octanol–water partition coefficient (Wildman–Crippen LogP) is 10.0. The quantitative estimate of drug-likeness (QED) is 0.0455. The van der Waals surface area contributed by atoms with Gasteiger partial charge in [0.2, 0.25) is 11.8 Å². The van der Waals surface area contributed by atoms with Crippen molar-refractivity contribution in [3.05, 3.63) is 131 Å². The Bertz CT molecular complexity index is 3150. The van der Waals surface area contributed by atoms with Crippen LogP contribution in [0.1, 0.15) is 78.4 Å². The molecule has 0 bridgehead atoms. The van der Waals surface area contributed by atoms with Crippen molar-refractivity contribution in [2.75, 3.05) is 21.9 Å². The van der Waals surface area contributed by atoms with Crippen molar-refractivity contribution >= 4 is 83.1 Å². The fraction of sp³-hybridized carbons (Fsp3) is 0.265. The van der Waals surface area contributed by atoms with Gasteiger partial charge in [-0.1, -0.05) is 67.0 Å². The molecule has 9 rings (SSSR count). The molecular weight excluding hydrogens is 947 g/mol. The van der Waals surface area contributed by atoms with Crippen LogP contribution in [0.3, 0.4) is 0 Å². The molecule has 1 saturated carbocycles. The van der Waals surface area contributed by atoms with Gasteiger partial charge < -0.3 is 30.7 Å². The van der Waals surface area contributed by atoms with E-state index in [1.54, 1.807) is 72.2 Å². The van der Waals surface area contributed by atoms with E-state index in [1.807, 2.05) is 31.2 Å². The molecule has 0 atom stereocenters. The molecule has 1 aliphatic carbocycles. The average Bonchev–Trinajstić information content (AvgIpc) is 3.59. The number of nitrogens with one attached hydrogen (secondary N) is 5. The van der Waals surface area contributed by atoms with E-state index in [-0.39, 0.29) is 33.4 Å². The Labute approximate surface area is 404 Å². The van der Waals surface area contributed by atoms with Crippen LogP contribution >= 0.6 is 22.7 Å². The number of thiophene rings is 1. The number of pyridine rings is 2. The third-order valence-electron chi connectivity index (χ3n) is 11.7. The van der Waals surface area contributed by atoms with Crippen molar-refractivity contribution in [1.29, 1.82) is 0 Å². The van der Waals surface area contributed by atoms with Crippen molar-refractivity contribution in [3.63, 3.8) is 0 Å². The summed E-state index contributed by atoms with van der Waals surface area (Å²) in [6, 6.07) is 27.2. The van der Waals surface area contributed by atoms with Crippen LogP contribution in [0, 0.1) is 6.92 Å². The summed E-state index contributed by atoms with van der Waals surface area (Å²) in [5, 5.41) is 14.4. The molecule has 2 aliphatic rings. The monoisotopic (exact) mass is 992 g/mol. The fourth-order valence-electron chi connectivity index (χ4n) is 7.86. The molecule has 5 N–H and O–H groups in total. The first-order valence-corrected chi connectivity index (χ1v) is 25.4. The number of aromatic nitrogens is 3. The van der Waals surface area contributed by atoms with Gasteiger partial charge in [-0.3, -0.25) is 19.1 Å². The molecule has 69 heavy (non-hydrogen) atoms. The molecular formula is C49H46F2N8O7S3. The Balaban J connectivity index is 0.660. The molecule has 0 unspecified atom stereocenters. The Kier molecular flexibility index (Phi) is 13.6. The first-order chi connectivity index (χ1) is 33.2. The number of anilines is 4. The Hall–Kier alpha value is -7.03. The normalized spacial score (nSPS) is 14.2. The topological polar surface area (TPSA) is 203 Å². The van der Waals surface area contributed by atoms with E-state index in [9.17, 15) is 31.6 Å². The summed E-state index contributed by atoms with van der Waals surface area (Å²) in [6.07, 6.45) is 3.68. The highest BCUT2D eigenvalue weighted by Gasteiger charge is 2.53. The molecule has 4 aromatic heterocycles. The summed E-state index contributed by atoms with van der Waals surface area (Å²) in [4.78, 5) is 53.0. The molecule has 20 heteroatoms. The average molecular weight is 993 g/mol.